The van der Waals surface area contributed by atoms with Gasteiger partial charge in [-0.3, -0.25) is 4.79 Å². The summed E-state index contributed by atoms with van der Waals surface area (Å²) in [6, 6.07) is 6.10. The van der Waals surface area contributed by atoms with Gasteiger partial charge in [0.05, 0.1) is 19.6 Å². The van der Waals surface area contributed by atoms with Gasteiger partial charge < -0.3 is 30.9 Å². The van der Waals surface area contributed by atoms with Crippen LogP contribution in [-0.4, -0.2) is 72.8 Å². The van der Waals surface area contributed by atoms with E-state index in [1.807, 2.05) is 19.1 Å². The molecule has 1 atom stereocenters. The van der Waals surface area contributed by atoms with E-state index in [4.69, 9.17) is 10.5 Å². The van der Waals surface area contributed by atoms with Gasteiger partial charge in [-0.15, -0.1) is 0 Å². The maximum absolute atomic E-state index is 13.6. The maximum atomic E-state index is 13.6. The van der Waals surface area contributed by atoms with Crippen LogP contribution in [0.15, 0.2) is 24.4 Å². The Balaban J connectivity index is 1.45. The maximum Gasteiger partial charge on any atom is 0.421 e. The lowest BCUT2D eigenvalue weighted by Gasteiger charge is -2.21. The Kier molecular flexibility index (Phi) is 8.70. The number of carbonyl (C=O) groups is 1. The standard InChI is InChI=1S/C25H34F3N7O2/c1-2-17-14-19(35-10-6-18(29)16-35)4-5-21(17)32-24-31-15-20(25(26,27)28)23(33-24)30-8-3-9-34-11-13-37-12-7-22(34)36/h4-5,14-15,18H,2-3,6-13,16,29H2,1H3,(H2,30,31,32,33). The number of nitrogens with two attached hydrogens (primary N) is 1. The van der Waals surface area contributed by atoms with E-state index in [9.17, 15) is 18.0 Å². The predicted molar refractivity (Wildman–Crippen MR) is 136 cm³/mol. The summed E-state index contributed by atoms with van der Waals surface area (Å²) in [7, 11) is 0. The number of aromatic nitrogens is 2. The van der Waals surface area contributed by atoms with E-state index in [0.717, 1.165) is 49.1 Å². The number of hydrogen-bond donors (Lipinski definition) is 3. The second-order valence-electron chi connectivity index (χ2n) is 9.29. The summed E-state index contributed by atoms with van der Waals surface area (Å²) in [4.78, 5) is 24.1. The first-order valence-corrected chi connectivity index (χ1v) is 12.7. The second-order valence-corrected chi connectivity index (χ2v) is 9.29. The molecule has 4 N–H and O–H groups in total. The van der Waals surface area contributed by atoms with Crippen molar-refractivity contribution < 1.29 is 22.7 Å². The molecule has 0 radical (unpaired) electrons. The van der Waals surface area contributed by atoms with Crippen molar-refractivity contribution in [3.8, 4) is 0 Å². The summed E-state index contributed by atoms with van der Waals surface area (Å²) in [5.41, 5.74) is 7.91. The SMILES string of the molecule is CCc1cc(N2CCC(N)C2)ccc1Nc1ncc(C(F)(F)F)c(NCCCN2CCOCCC2=O)n1. The highest BCUT2D eigenvalue weighted by molar-refractivity contribution is 5.76. The fourth-order valence-corrected chi connectivity index (χ4v) is 4.55. The topological polar surface area (TPSA) is 109 Å². The third kappa shape index (κ3) is 7.01. The zero-order valence-electron chi connectivity index (χ0n) is 21.0. The molecule has 0 saturated carbocycles. The number of hydrogen-bond acceptors (Lipinski definition) is 8. The first-order chi connectivity index (χ1) is 17.7. The number of nitrogens with one attached hydrogen (secondary N) is 2. The van der Waals surface area contributed by atoms with Crippen LogP contribution in [-0.2, 0) is 22.1 Å². The van der Waals surface area contributed by atoms with Crippen LogP contribution in [0.2, 0.25) is 0 Å². The number of anilines is 4. The van der Waals surface area contributed by atoms with Gasteiger partial charge in [0.1, 0.15) is 11.4 Å². The van der Waals surface area contributed by atoms with Crippen LogP contribution in [0.1, 0.15) is 37.3 Å². The number of halogens is 3. The molecule has 1 amide bonds. The molecule has 2 fully saturated rings. The van der Waals surface area contributed by atoms with Gasteiger partial charge in [0.15, 0.2) is 0 Å². The third-order valence-electron chi connectivity index (χ3n) is 6.62. The average molecular weight is 522 g/mol. The van der Waals surface area contributed by atoms with Crippen LogP contribution >= 0.6 is 0 Å². The minimum Gasteiger partial charge on any atom is -0.379 e. The van der Waals surface area contributed by atoms with Crippen LogP contribution in [0.4, 0.5) is 36.3 Å². The molecular weight excluding hydrogens is 487 g/mol. The molecule has 202 valence electrons. The van der Waals surface area contributed by atoms with Crippen molar-refractivity contribution in [3.63, 3.8) is 0 Å². The van der Waals surface area contributed by atoms with E-state index in [2.05, 4.69) is 31.6 Å². The highest BCUT2D eigenvalue weighted by atomic mass is 19.4. The number of alkyl halides is 3. The summed E-state index contributed by atoms with van der Waals surface area (Å²) in [5.74, 6) is -0.232. The normalized spacial score (nSPS) is 18.7. The van der Waals surface area contributed by atoms with Gasteiger partial charge >= 0.3 is 6.18 Å². The lowest BCUT2D eigenvalue weighted by Crippen LogP contribution is -2.33. The first-order valence-electron chi connectivity index (χ1n) is 12.7. The van der Waals surface area contributed by atoms with Gasteiger partial charge in [-0.1, -0.05) is 6.92 Å². The summed E-state index contributed by atoms with van der Waals surface area (Å²) in [6.45, 7) is 5.70. The molecular formula is C25H34F3N7O2. The van der Waals surface area contributed by atoms with Crippen LogP contribution in [0.25, 0.3) is 0 Å². The van der Waals surface area contributed by atoms with E-state index in [0.29, 0.717) is 39.1 Å². The minimum atomic E-state index is -4.61. The summed E-state index contributed by atoms with van der Waals surface area (Å²) in [5, 5.41) is 5.88. The van der Waals surface area contributed by atoms with Crippen LogP contribution in [0.5, 0.6) is 0 Å². The Bertz CT molecular complexity index is 1080. The molecule has 0 aliphatic carbocycles. The van der Waals surface area contributed by atoms with Gasteiger partial charge in [-0.2, -0.15) is 18.2 Å². The van der Waals surface area contributed by atoms with Crippen molar-refractivity contribution in [1.29, 1.82) is 0 Å². The fraction of sp³-hybridized carbons (Fsp3) is 0.560. The number of ether oxygens (including phenoxy) is 1. The molecule has 4 rings (SSSR count). The van der Waals surface area contributed by atoms with Gasteiger partial charge in [-0.25, -0.2) is 4.98 Å². The highest BCUT2D eigenvalue weighted by Crippen LogP contribution is 2.34. The monoisotopic (exact) mass is 521 g/mol. The molecule has 0 spiro atoms. The molecule has 37 heavy (non-hydrogen) atoms. The molecule has 9 nitrogen and oxygen atoms in total. The predicted octanol–water partition coefficient (Wildman–Crippen LogP) is 3.39. The molecule has 1 aromatic heterocycles. The zero-order chi connectivity index (χ0) is 26.4. The van der Waals surface area contributed by atoms with Gasteiger partial charge in [0, 0.05) is 56.3 Å². The second kappa shape index (κ2) is 12.0. The average Bonchev–Trinajstić information content (AvgIpc) is 3.20. The zero-order valence-corrected chi connectivity index (χ0v) is 21.0. The molecule has 1 unspecified atom stereocenters. The first kappa shape index (κ1) is 26.9. The fourth-order valence-electron chi connectivity index (χ4n) is 4.55. The van der Waals surface area contributed by atoms with Gasteiger partial charge in [-0.05, 0) is 43.0 Å². The number of rotatable bonds is 9. The van der Waals surface area contributed by atoms with Gasteiger partial charge in [0.2, 0.25) is 11.9 Å². The summed E-state index contributed by atoms with van der Waals surface area (Å²) >= 11 is 0. The Morgan fingerprint density at radius 2 is 2.08 bits per heavy atom. The van der Waals surface area contributed by atoms with Crippen LogP contribution < -0.4 is 21.3 Å². The lowest BCUT2D eigenvalue weighted by atomic mass is 10.1. The van der Waals surface area contributed by atoms with Crippen molar-refractivity contribution in [1.82, 2.24) is 14.9 Å². The number of benzene rings is 1. The van der Waals surface area contributed by atoms with Crippen molar-refractivity contribution in [2.75, 3.05) is 61.5 Å². The smallest absolute Gasteiger partial charge is 0.379 e. The van der Waals surface area contributed by atoms with Gasteiger partial charge in [0.25, 0.3) is 0 Å². The molecule has 2 aliphatic rings. The number of nitrogens with zero attached hydrogens (tertiary/aromatic N) is 4. The quantitative estimate of drug-likeness (QED) is 0.431. The van der Waals surface area contributed by atoms with E-state index >= 15 is 0 Å². The molecule has 0 bridgehead atoms. The van der Waals surface area contributed by atoms with Crippen molar-refractivity contribution in [2.45, 2.75) is 44.8 Å². The van der Waals surface area contributed by atoms with Crippen molar-refractivity contribution in [3.05, 3.63) is 35.5 Å². The molecule has 1 aromatic carbocycles. The third-order valence-corrected chi connectivity index (χ3v) is 6.62. The lowest BCUT2D eigenvalue weighted by molar-refractivity contribution is -0.137. The molecule has 2 aliphatic heterocycles. The molecule has 2 saturated heterocycles. The Morgan fingerprint density at radius 3 is 2.81 bits per heavy atom. The van der Waals surface area contributed by atoms with Crippen molar-refractivity contribution in [2.24, 2.45) is 5.73 Å². The Labute approximate surface area is 214 Å². The molecule has 12 heteroatoms. The van der Waals surface area contributed by atoms with E-state index in [1.165, 1.54) is 0 Å². The number of aryl methyl sites for hydroxylation is 1. The molecule has 2 aromatic rings. The van der Waals surface area contributed by atoms with E-state index in [1.54, 1.807) is 4.90 Å². The highest BCUT2D eigenvalue weighted by Gasteiger charge is 2.35. The van der Waals surface area contributed by atoms with Crippen molar-refractivity contribution >= 4 is 29.0 Å². The van der Waals surface area contributed by atoms with Crippen LogP contribution in [0, 0.1) is 0 Å². The number of amides is 1. The Morgan fingerprint density at radius 1 is 1.24 bits per heavy atom. The number of carbonyl (C=O) groups excluding carboxylic acids is 1. The minimum absolute atomic E-state index is 0.00711. The Hall–Kier alpha value is -3.12. The molecule has 3 heterocycles. The van der Waals surface area contributed by atoms with E-state index < -0.39 is 11.7 Å². The van der Waals surface area contributed by atoms with Crippen LogP contribution in [0.3, 0.4) is 0 Å². The summed E-state index contributed by atoms with van der Waals surface area (Å²) < 4.78 is 46.2. The summed E-state index contributed by atoms with van der Waals surface area (Å²) in [6.07, 6.45) is -1.36. The largest absolute Gasteiger partial charge is 0.421 e. The van der Waals surface area contributed by atoms with E-state index in [-0.39, 0.29) is 30.3 Å².